The highest BCUT2D eigenvalue weighted by Crippen LogP contribution is 2.38. The molecule has 0 aliphatic carbocycles. The predicted molar refractivity (Wildman–Crippen MR) is 143 cm³/mol. The third kappa shape index (κ3) is 5.80. The summed E-state index contributed by atoms with van der Waals surface area (Å²) in [4.78, 5) is 0.236. The molecular formula is C26H38O5SSi2. The number of sulfone groups is 1. The van der Waals surface area contributed by atoms with Crippen molar-refractivity contribution in [3.63, 3.8) is 0 Å². The van der Waals surface area contributed by atoms with Crippen LogP contribution in [0.3, 0.4) is 0 Å². The van der Waals surface area contributed by atoms with Gasteiger partial charge < -0.3 is 14.3 Å². The van der Waals surface area contributed by atoms with Crippen LogP contribution in [0.25, 0.3) is 0 Å². The van der Waals surface area contributed by atoms with Gasteiger partial charge in [-0.2, -0.15) is 0 Å². The molecule has 1 saturated heterocycles. The minimum absolute atomic E-state index is 0.0815. The van der Waals surface area contributed by atoms with Gasteiger partial charge in [0, 0.05) is 4.53 Å². The number of hydrogen-bond acceptors (Lipinski definition) is 5. The molecule has 0 saturated carbocycles. The Hall–Kier alpha value is -1.56. The predicted octanol–water partition coefficient (Wildman–Crippen LogP) is 4.65. The fraction of sp³-hybridized carbons (Fsp3) is 0.462. The quantitative estimate of drug-likeness (QED) is 0.386. The Kier molecular flexibility index (Phi) is 7.82. The second kappa shape index (κ2) is 9.83. The minimum Gasteiger partial charge on any atom is -0.414 e. The first-order valence-electron chi connectivity index (χ1n) is 11.7. The van der Waals surface area contributed by atoms with Gasteiger partial charge in [-0.25, -0.2) is 8.42 Å². The molecule has 5 nitrogen and oxygen atoms in total. The second-order valence-electron chi connectivity index (χ2n) is 11.0. The summed E-state index contributed by atoms with van der Waals surface area (Å²) < 4.78 is 39.8. The maximum atomic E-state index is 13.8. The van der Waals surface area contributed by atoms with Crippen LogP contribution < -0.4 is 5.19 Å². The molecule has 0 radical (unpaired) electrons. The second-order valence-corrected chi connectivity index (χ2v) is 22.5. The van der Waals surface area contributed by atoms with Crippen molar-refractivity contribution in [1.29, 1.82) is 0 Å². The molecule has 186 valence electrons. The normalized spacial score (nSPS) is 20.8. The highest BCUT2D eigenvalue weighted by Gasteiger charge is 2.48. The van der Waals surface area contributed by atoms with Gasteiger partial charge in [-0.15, -0.1) is 0 Å². The maximum absolute atomic E-state index is 13.8. The first kappa shape index (κ1) is 27.0. The van der Waals surface area contributed by atoms with Crippen LogP contribution in [-0.4, -0.2) is 54.8 Å². The molecule has 3 rings (SSSR count). The van der Waals surface area contributed by atoms with Crippen molar-refractivity contribution in [3.8, 4) is 0 Å². The summed E-state index contributed by atoms with van der Waals surface area (Å²) in [5.74, 6) is 0. The highest BCUT2D eigenvalue weighted by atomic mass is 32.2. The molecule has 0 spiro atoms. The van der Waals surface area contributed by atoms with Crippen molar-refractivity contribution in [3.05, 3.63) is 71.3 Å². The van der Waals surface area contributed by atoms with Gasteiger partial charge in [-0.3, -0.25) is 0 Å². The van der Waals surface area contributed by atoms with Crippen molar-refractivity contribution >= 4 is 31.4 Å². The van der Waals surface area contributed by atoms with E-state index in [-0.39, 0.29) is 16.0 Å². The number of benzene rings is 2. The van der Waals surface area contributed by atoms with Gasteiger partial charge in [0.25, 0.3) is 0 Å². The zero-order valence-electron chi connectivity index (χ0n) is 21.3. The molecule has 1 N–H and O–H groups in total. The average Bonchev–Trinajstić information content (AvgIpc) is 3.56. The Balaban J connectivity index is 1.90. The zero-order valence-corrected chi connectivity index (χ0v) is 24.1. The number of ether oxygens (including phenoxy) is 1. The lowest BCUT2D eigenvalue weighted by molar-refractivity contribution is 0.176. The van der Waals surface area contributed by atoms with Crippen molar-refractivity contribution < 1.29 is 22.7 Å². The molecule has 1 heterocycles. The Morgan fingerprint density at radius 2 is 1.56 bits per heavy atom. The van der Waals surface area contributed by atoms with Gasteiger partial charge in [0.2, 0.25) is 0 Å². The van der Waals surface area contributed by atoms with E-state index in [1.165, 1.54) is 6.08 Å². The maximum Gasteiger partial charge on any atom is 0.199 e. The van der Waals surface area contributed by atoms with Crippen molar-refractivity contribution in [1.82, 2.24) is 0 Å². The van der Waals surface area contributed by atoms with Crippen LogP contribution in [0.4, 0.5) is 0 Å². The van der Waals surface area contributed by atoms with E-state index in [1.807, 2.05) is 43.4 Å². The van der Waals surface area contributed by atoms with Crippen LogP contribution in [0.15, 0.2) is 76.2 Å². The Morgan fingerprint density at radius 1 is 1.03 bits per heavy atom. The van der Waals surface area contributed by atoms with Crippen LogP contribution in [0.5, 0.6) is 0 Å². The van der Waals surface area contributed by atoms with Crippen LogP contribution in [-0.2, 0) is 19.0 Å². The SMILES string of the molecule is CC(C)(C)[Si](C)(C)OC[C@H]1O[C@@H]1[C@H](O)/C=C(/[Si](C)(C)c1ccccc1)S(=O)(=O)c1ccccc1. The van der Waals surface area contributed by atoms with Gasteiger partial charge in [0.05, 0.1) is 11.5 Å². The molecule has 2 aromatic carbocycles. The fourth-order valence-electron chi connectivity index (χ4n) is 3.71. The van der Waals surface area contributed by atoms with E-state index in [9.17, 15) is 13.5 Å². The number of hydrogen-bond donors (Lipinski definition) is 1. The Morgan fingerprint density at radius 3 is 2.09 bits per heavy atom. The lowest BCUT2D eigenvalue weighted by atomic mass is 10.2. The van der Waals surface area contributed by atoms with Gasteiger partial charge in [-0.05, 0) is 36.3 Å². The molecule has 8 heteroatoms. The summed E-state index contributed by atoms with van der Waals surface area (Å²) in [5.41, 5.74) is 0. The van der Waals surface area contributed by atoms with Gasteiger partial charge in [-0.1, -0.05) is 87.6 Å². The molecule has 0 aromatic heterocycles. The van der Waals surface area contributed by atoms with E-state index >= 15 is 0 Å². The van der Waals surface area contributed by atoms with Crippen LogP contribution >= 0.6 is 0 Å². The van der Waals surface area contributed by atoms with Gasteiger partial charge in [0.1, 0.15) is 26.4 Å². The fourth-order valence-corrected chi connectivity index (χ4v) is 11.1. The van der Waals surface area contributed by atoms with Crippen LogP contribution in [0, 0.1) is 0 Å². The monoisotopic (exact) mass is 518 g/mol. The number of rotatable bonds is 9. The molecule has 1 aliphatic heterocycles. The standard InChI is InChI=1S/C26H38O5SSi2/c1-26(2,3)34(6,7)30-19-23-25(31-23)22(27)18-24(32(28,29)20-14-10-8-11-15-20)33(4,5)21-16-12-9-13-17-21/h8-18,22-23,25,27H,19H2,1-7H3/b24-18+/t22-,23-,25-/m1/s1. The Labute approximate surface area is 206 Å². The number of aliphatic hydroxyl groups is 1. The van der Waals surface area contributed by atoms with Gasteiger partial charge >= 0.3 is 0 Å². The van der Waals surface area contributed by atoms with E-state index in [0.29, 0.717) is 11.1 Å². The summed E-state index contributed by atoms with van der Waals surface area (Å²) in [5, 5.41) is 12.1. The van der Waals surface area contributed by atoms with E-state index in [2.05, 4.69) is 33.9 Å². The molecule has 0 bridgehead atoms. The zero-order chi connectivity index (χ0) is 25.4. The van der Waals surface area contributed by atoms with E-state index < -0.39 is 38.4 Å². The smallest absolute Gasteiger partial charge is 0.199 e. The Bertz CT molecular complexity index is 1110. The van der Waals surface area contributed by atoms with E-state index in [4.69, 9.17) is 9.16 Å². The minimum atomic E-state index is -3.80. The van der Waals surface area contributed by atoms with E-state index in [0.717, 1.165) is 5.19 Å². The van der Waals surface area contributed by atoms with Crippen LogP contribution in [0.1, 0.15) is 20.8 Å². The van der Waals surface area contributed by atoms with Crippen LogP contribution in [0.2, 0.25) is 31.2 Å². The molecule has 1 aliphatic rings. The number of aliphatic hydroxyl groups excluding tert-OH is 1. The lowest BCUT2D eigenvalue weighted by Crippen LogP contribution is -2.47. The summed E-state index contributed by atoms with van der Waals surface area (Å²) >= 11 is 0. The van der Waals surface area contributed by atoms with Crippen molar-refractivity contribution in [2.24, 2.45) is 0 Å². The molecule has 34 heavy (non-hydrogen) atoms. The number of epoxide rings is 1. The molecule has 1 fully saturated rings. The first-order valence-corrected chi connectivity index (χ1v) is 19.1. The third-order valence-corrected chi connectivity index (χ3v) is 18.8. The summed E-state index contributed by atoms with van der Waals surface area (Å²) in [7, 11) is -8.41. The lowest BCUT2D eigenvalue weighted by Gasteiger charge is -2.36. The topological polar surface area (TPSA) is 76.1 Å². The third-order valence-electron chi connectivity index (χ3n) is 7.15. The van der Waals surface area contributed by atoms with E-state index in [1.54, 1.807) is 30.3 Å². The largest absolute Gasteiger partial charge is 0.414 e. The first-order chi connectivity index (χ1) is 15.7. The highest BCUT2D eigenvalue weighted by molar-refractivity contribution is 7.98. The van der Waals surface area contributed by atoms with Gasteiger partial charge in [0.15, 0.2) is 18.2 Å². The van der Waals surface area contributed by atoms with Crippen molar-refractivity contribution in [2.45, 2.75) is 75.2 Å². The summed E-state index contributed by atoms with van der Waals surface area (Å²) in [6.45, 7) is 15.3. The molecule has 2 aromatic rings. The average molecular weight is 519 g/mol. The molecular weight excluding hydrogens is 481 g/mol. The summed E-state index contributed by atoms with van der Waals surface area (Å²) in [6.07, 6.45) is -0.204. The molecule has 0 amide bonds. The molecule has 0 unspecified atom stereocenters. The summed E-state index contributed by atoms with van der Waals surface area (Å²) in [6, 6.07) is 18.1. The molecule has 3 atom stereocenters. The van der Waals surface area contributed by atoms with Crippen molar-refractivity contribution in [2.75, 3.05) is 6.61 Å².